The first kappa shape index (κ1) is 20.1. The first-order valence-electron chi connectivity index (χ1n) is 9.27. The topological polar surface area (TPSA) is 87.0 Å². The van der Waals surface area contributed by atoms with Crippen LogP contribution in [0.5, 0.6) is 0 Å². The molecule has 0 aromatic carbocycles. The summed E-state index contributed by atoms with van der Waals surface area (Å²) in [5.41, 5.74) is 0.238. The smallest absolute Gasteiger partial charge is 0.334 e. The Labute approximate surface area is 150 Å². The number of hydrogen-bond acceptors (Lipinski definition) is 5. The Morgan fingerprint density at radius 3 is 2.68 bits per heavy atom. The van der Waals surface area contributed by atoms with Gasteiger partial charge in [-0.1, -0.05) is 25.2 Å². The van der Waals surface area contributed by atoms with Crippen LogP contribution < -0.4 is 0 Å². The second-order valence-electron chi connectivity index (χ2n) is 8.06. The minimum atomic E-state index is -1.19. The Morgan fingerprint density at radius 1 is 1.32 bits per heavy atom. The van der Waals surface area contributed by atoms with Gasteiger partial charge in [0.25, 0.3) is 0 Å². The van der Waals surface area contributed by atoms with Gasteiger partial charge < -0.3 is 20.1 Å². The van der Waals surface area contributed by atoms with Crippen molar-refractivity contribution in [3.05, 3.63) is 23.8 Å². The fraction of sp³-hybridized carbons (Fsp3) is 0.750. The number of fused-ring (bicyclic) bond motifs is 2. The molecule has 1 aliphatic heterocycles. The molecule has 1 fully saturated rings. The quantitative estimate of drug-likeness (QED) is 0.354. The van der Waals surface area contributed by atoms with Crippen LogP contribution >= 0.6 is 0 Å². The van der Waals surface area contributed by atoms with Gasteiger partial charge in [-0.2, -0.15) is 0 Å². The molecule has 0 saturated carbocycles. The highest BCUT2D eigenvalue weighted by atomic mass is 16.6. The van der Waals surface area contributed by atoms with Gasteiger partial charge in [0.1, 0.15) is 6.10 Å². The third-order valence-electron chi connectivity index (χ3n) is 5.84. The lowest BCUT2D eigenvalue weighted by atomic mass is 9.76. The summed E-state index contributed by atoms with van der Waals surface area (Å²) in [6.45, 7) is 9.39. The molecule has 0 aromatic rings. The Kier molecular flexibility index (Phi) is 6.46. The molecule has 5 heteroatoms. The van der Waals surface area contributed by atoms with E-state index in [1.54, 1.807) is 6.92 Å². The molecule has 1 heterocycles. The Hall–Kier alpha value is -1.17. The first-order chi connectivity index (χ1) is 11.6. The second-order valence-corrected chi connectivity index (χ2v) is 8.06. The van der Waals surface area contributed by atoms with E-state index in [1.807, 2.05) is 6.92 Å². The molecule has 2 bridgehead atoms. The van der Waals surface area contributed by atoms with Crippen LogP contribution in [0.2, 0.25) is 0 Å². The maximum absolute atomic E-state index is 12.2. The Balaban J connectivity index is 2.30. The van der Waals surface area contributed by atoms with Gasteiger partial charge in [-0.25, -0.2) is 4.79 Å². The van der Waals surface area contributed by atoms with E-state index in [4.69, 9.17) is 4.74 Å². The zero-order valence-electron chi connectivity index (χ0n) is 15.6. The molecule has 6 atom stereocenters. The lowest BCUT2D eigenvalue weighted by Crippen LogP contribution is -2.51. The minimum Gasteiger partial charge on any atom is -0.456 e. The van der Waals surface area contributed by atoms with Crippen LogP contribution in [0.4, 0.5) is 0 Å². The van der Waals surface area contributed by atoms with Crippen molar-refractivity contribution in [1.29, 1.82) is 0 Å². The summed E-state index contributed by atoms with van der Waals surface area (Å²) in [6, 6.07) is 0. The van der Waals surface area contributed by atoms with E-state index in [0.29, 0.717) is 12.8 Å². The summed E-state index contributed by atoms with van der Waals surface area (Å²) >= 11 is 0. The van der Waals surface area contributed by atoms with Crippen LogP contribution in [-0.2, 0) is 9.53 Å². The van der Waals surface area contributed by atoms with E-state index >= 15 is 0 Å². The fourth-order valence-electron chi connectivity index (χ4n) is 3.83. The lowest BCUT2D eigenvalue weighted by Gasteiger charge is -2.41. The van der Waals surface area contributed by atoms with Gasteiger partial charge in [0, 0.05) is 11.5 Å². The van der Waals surface area contributed by atoms with Crippen molar-refractivity contribution in [1.82, 2.24) is 0 Å². The van der Waals surface area contributed by atoms with Crippen molar-refractivity contribution < 1.29 is 24.9 Å². The molecule has 0 aromatic heterocycles. The molecule has 0 radical (unpaired) electrons. The average molecular weight is 352 g/mol. The van der Waals surface area contributed by atoms with Gasteiger partial charge in [-0.05, 0) is 58.3 Å². The second kappa shape index (κ2) is 8.02. The molecule has 25 heavy (non-hydrogen) atoms. The molecular weight excluding hydrogens is 320 g/mol. The maximum Gasteiger partial charge on any atom is 0.334 e. The standard InChI is InChI=1S/C20H32O5/c1-12-7-5-9-13(2)17(21)18(22)15-11-16(25-19(23)14(15)3)20(4,24)10-6-8-12/h8,13,15-18,21-22,24H,3,5-7,9-11H2,1-2,4H3/b12-8-. The van der Waals surface area contributed by atoms with E-state index in [1.165, 1.54) is 5.57 Å². The zero-order chi connectivity index (χ0) is 18.8. The fourth-order valence-corrected chi connectivity index (χ4v) is 3.83. The number of hydrogen-bond donors (Lipinski definition) is 3. The highest BCUT2D eigenvalue weighted by Gasteiger charge is 2.45. The number of allylic oxidation sites excluding steroid dienone is 2. The van der Waals surface area contributed by atoms with E-state index < -0.39 is 35.8 Å². The summed E-state index contributed by atoms with van der Waals surface area (Å²) in [4.78, 5) is 12.2. The van der Waals surface area contributed by atoms with Crippen molar-refractivity contribution in [3.63, 3.8) is 0 Å². The van der Waals surface area contributed by atoms with Crippen molar-refractivity contribution in [2.45, 2.75) is 83.2 Å². The number of carbonyl (C=O) groups excluding carboxylic acids is 1. The van der Waals surface area contributed by atoms with Crippen LogP contribution in [0.15, 0.2) is 23.8 Å². The van der Waals surface area contributed by atoms with E-state index in [9.17, 15) is 20.1 Å². The predicted molar refractivity (Wildman–Crippen MR) is 95.8 cm³/mol. The number of ether oxygens (including phenoxy) is 1. The summed E-state index contributed by atoms with van der Waals surface area (Å²) in [6.07, 6.45) is 3.49. The Morgan fingerprint density at radius 2 is 2.00 bits per heavy atom. The van der Waals surface area contributed by atoms with Gasteiger partial charge in [0.15, 0.2) is 0 Å². The van der Waals surface area contributed by atoms with Crippen LogP contribution in [-0.4, -0.2) is 45.2 Å². The summed E-state index contributed by atoms with van der Waals surface area (Å²) in [5, 5.41) is 32.0. The highest BCUT2D eigenvalue weighted by molar-refractivity contribution is 5.89. The monoisotopic (exact) mass is 352 g/mol. The Bertz CT molecular complexity index is 536. The van der Waals surface area contributed by atoms with Gasteiger partial charge >= 0.3 is 5.97 Å². The summed E-state index contributed by atoms with van der Waals surface area (Å²) < 4.78 is 5.38. The van der Waals surface area contributed by atoms with Crippen LogP contribution in [0.3, 0.4) is 0 Å². The largest absolute Gasteiger partial charge is 0.456 e. The molecule has 2 aliphatic rings. The van der Waals surface area contributed by atoms with Crippen LogP contribution in [0.25, 0.3) is 0 Å². The van der Waals surface area contributed by atoms with Gasteiger partial charge in [-0.15, -0.1) is 0 Å². The average Bonchev–Trinajstić information content (AvgIpc) is 2.54. The third kappa shape index (κ3) is 4.72. The molecule has 0 amide bonds. The molecule has 5 nitrogen and oxygen atoms in total. The van der Waals surface area contributed by atoms with Crippen LogP contribution in [0.1, 0.15) is 59.3 Å². The lowest BCUT2D eigenvalue weighted by molar-refractivity contribution is -0.173. The van der Waals surface area contributed by atoms with E-state index in [-0.39, 0.29) is 17.9 Å². The van der Waals surface area contributed by atoms with Crippen LogP contribution in [0, 0.1) is 11.8 Å². The minimum absolute atomic E-state index is 0.0875. The molecule has 6 unspecified atom stereocenters. The van der Waals surface area contributed by atoms with Crippen molar-refractivity contribution in [3.8, 4) is 0 Å². The number of carbonyl (C=O) groups is 1. The van der Waals surface area contributed by atoms with Gasteiger partial charge in [0.2, 0.25) is 0 Å². The highest BCUT2D eigenvalue weighted by Crippen LogP contribution is 2.37. The maximum atomic E-state index is 12.2. The SMILES string of the molecule is C=C1C(=O)OC2CC1C(O)C(O)C(C)CCC/C(C)=C\CCC2(C)O. The van der Waals surface area contributed by atoms with Gasteiger partial charge in [-0.3, -0.25) is 0 Å². The summed E-state index contributed by atoms with van der Waals surface area (Å²) in [7, 11) is 0. The first-order valence-corrected chi connectivity index (χ1v) is 9.27. The summed E-state index contributed by atoms with van der Waals surface area (Å²) in [5.74, 6) is -1.29. The predicted octanol–water partition coefficient (Wildman–Crippen LogP) is 2.49. The normalized spacial score (nSPS) is 43.6. The van der Waals surface area contributed by atoms with Crippen molar-refractivity contribution in [2.24, 2.45) is 11.8 Å². The number of rotatable bonds is 0. The number of aliphatic hydroxyl groups excluding tert-OH is 2. The van der Waals surface area contributed by atoms with Crippen molar-refractivity contribution >= 4 is 5.97 Å². The molecule has 142 valence electrons. The van der Waals surface area contributed by atoms with E-state index in [0.717, 1.165) is 19.3 Å². The molecule has 1 saturated heterocycles. The molecule has 2 rings (SSSR count). The molecule has 1 aliphatic carbocycles. The van der Waals surface area contributed by atoms with Crippen molar-refractivity contribution in [2.75, 3.05) is 0 Å². The molecule has 3 N–H and O–H groups in total. The van der Waals surface area contributed by atoms with E-state index in [2.05, 4.69) is 19.6 Å². The number of aliphatic hydroxyl groups is 3. The number of esters is 1. The molecule has 0 spiro atoms. The van der Waals surface area contributed by atoms with Gasteiger partial charge in [0.05, 0.1) is 17.8 Å². The zero-order valence-corrected chi connectivity index (χ0v) is 15.6. The third-order valence-corrected chi connectivity index (χ3v) is 5.84. The molecular formula is C20H32O5.